The number of carbonyl (C=O) groups excluding carboxylic acids is 3. The van der Waals surface area contributed by atoms with Gasteiger partial charge in [0.25, 0.3) is 5.91 Å². The van der Waals surface area contributed by atoms with Crippen LogP contribution in [0.3, 0.4) is 0 Å². The van der Waals surface area contributed by atoms with E-state index < -0.39 is 29.8 Å². The highest BCUT2D eigenvalue weighted by Crippen LogP contribution is 2.36. The van der Waals surface area contributed by atoms with Crippen molar-refractivity contribution in [1.29, 1.82) is 0 Å². The second-order valence-electron chi connectivity index (χ2n) is 6.06. The summed E-state index contributed by atoms with van der Waals surface area (Å²) < 4.78 is 4.96. The normalized spacial score (nSPS) is 21.0. The maximum atomic E-state index is 13.0. The molecule has 0 radical (unpaired) electrons. The lowest BCUT2D eigenvalue weighted by Gasteiger charge is -2.16. The highest BCUT2D eigenvalue weighted by atomic mass is 35.5. The van der Waals surface area contributed by atoms with Crippen LogP contribution in [0.1, 0.15) is 12.5 Å². The van der Waals surface area contributed by atoms with Crippen LogP contribution in [0.15, 0.2) is 53.7 Å². The van der Waals surface area contributed by atoms with E-state index in [1.807, 2.05) is 0 Å². The van der Waals surface area contributed by atoms with E-state index in [1.165, 1.54) is 31.2 Å². The van der Waals surface area contributed by atoms with Crippen molar-refractivity contribution in [1.82, 2.24) is 0 Å². The molecule has 1 fully saturated rings. The van der Waals surface area contributed by atoms with Crippen molar-refractivity contribution in [2.75, 3.05) is 4.90 Å². The smallest absolute Gasteiger partial charge is 0.308 e. The maximum Gasteiger partial charge on any atom is 0.308 e. The molecule has 2 aromatic rings. The standard InChI is InChI=1S/C19H13ClN2O5/c1-10(23)26-12-8-6-11(7-9-12)22-18(24)15-16(21-27-17(15)19(22)25)13-4-2-3-5-14(13)20/h2-9,15,17H,1H3/t15-,17+/m1/s1. The minimum absolute atomic E-state index is 0.320. The van der Waals surface area contributed by atoms with Crippen molar-refractivity contribution in [2.45, 2.75) is 13.0 Å². The van der Waals surface area contributed by atoms with Gasteiger partial charge in [0.05, 0.1) is 5.69 Å². The lowest BCUT2D eigenvalue weighted by Crippen LogP contribution is -2.33. The first-order valence-electron chi connectivity index (χ1n) is 8.12. The third-order valence-corrected chi connectivity index (χ3v) is 4.65. The number of oxime groups is 1. The predicted octanol–water partition coefficient (Wildman–Crippen LogP) is 2.56. The highest BCUT2D eigenvalue weighted by Gasteiger charge is 2.56. The number of benzene rings is 2. The van der Waals surface area contributed by atoms with Crippen LogP contribution in [0.25, 0.3) is 0 Å². The molecule has 2 aliphatic rings. The Balaban J connectivity index is 1.64. The monoisotopic (exact) mass is 384 g/mol. The minimum Gasteiger partial charge on any atom is -0.427 e. The van der Waals surface area contributed by atoms with Gasteiger partial charge in [0.2, 0.25) is 12.0 Å². The van der Waals surface area contributed by atoms with Gasteiger partial charge >= 0.3 is 5.97 Å². The zero-order valence-corrected chi connectivity index (χ0v) is 14.8. The van der Waals surface area contributed by atoms with Gasteiger partial charge in [-0.15, -0.1) is 0 Å². The molecule has 2 heterocycles. The van der Waals surface area contributed by atoms with Gasteiger partial charge in [0.1, 0.15) is 17.4 Å². The molecule has 0 spiro atoms. The topological polar surface area (TPSA) is 85.3 Å². The van der Waals surface area contributed by atoms with Crippen molar-refractivity contribution in [3.05, 3.63) is 59.1 Å². The first-order valence-corrected chi connectivity index (χ1v) is 8.50. The minimum atomic E-state index is -1.02. The highest BCUT2D eigenvalue weighted by molar-refractivity contribution is 6.38. The first-order chi connectivity index (χ1) is 13.0. The van der Waals surface area contributed by atoms with Gasteiger partial charge < -0.3 is 9.57 Å². The number of imide groups is 1. The number of hydrogen-bond donors (Lipinski definition) is 0. The number of amides is 2. The molecular formula is C19H13ClN2O5. The first kappa shape index (κ1) is 17.2. The fourth-order valence-corrected chi connectivity index (χ4v) is 3.39. The molecule has 0 aromatic heterocycles. The Morgan fingerprint density at radius 2 is 1.81 bits per heavy atom. The van der Waals surface area contributed by atoms with Crippen LogP contribution in [0, 0.1) is 5.92 Å². The van der Waals surface area contributed by atoms with Gasteiger partial charge in [-0.2, -0.15) is 0 Å². The summed E-state index contributed by atoms with van der Waals surface area (Å²) in [6.07, 6.45) is -1.02. The number of fused-ring (bicyclic) bond motifs is 1. The third kappa shape index (κ3) is 2.86. The van der Waals surface area contributed by atoms with Crippen LogP contribution >= 0.6 is 11.6 Å². The van der Waals surface area contributed by atoms with E-state index >= 15 is 0 Å². The summed E-state index contributed by atoms with van der Waals surface area (Å²) in [5.74, 6) is -1.94. The molecule has 2 aliphatic heterocycles. The average Bonchev–Trinajstić information content (AvgIpc) is 3.17. The summed E-state index contributed by atoms with van der Waals surface area (Å²) in [6.45, 7) is 1.29. The molecule has 0 N–H and O–H groups in total. The number of rotatable bonds is 3. The largest absolute Gasteiger partial charge is 0.427 e. The Morgan fingerprint density at radius 1 is 1.11 bits per heavy atom. The summed E-state index contributed by atoms with van der Waals surface area (Å²) in [5, 5.41) is 4.35. The van der Waals surface area contributed by atoms with Crippen LogP contribution in [0.2, 0.25) is 5.02 Å². The molecular weight excluding hydrogens is 372 g/mol. The second kappa shape index (κ2) is 6.51. The zero-order chi connectivity index (χ0) is 19.1. The van der Waals surface area contributed by atoms with Gasteiger partial charge in [-0.1, -0.05) is 35.0 Å². The number of halogens is 1. The Morgan fingerprint density at radius 3 is 2.48 bits per heavy atom. The third-order valence-electron chi connectivity index (χ3n) is 4.32. The van der Waals surface area contributed by atoms with E-state index in [9.17, 15) is 14.4 Å². The van der Waals surface area contributed by atoms with E-state index in [0.29, 0.717) is 27.7 Å². The molecule has 1 saturated heterocycles. The molecule has 0 aliphatic carbocycles. The van der Waals surface area contributed by atoms with E-state index in [-0.39, 0.29) is 0 Å². The van der Waals surface area contributed by atoms with Gasteiger partial charge in [-0.05, 0) is 30.3 Å². The molecule has 0 bridgehead atoms. The molecule has 2 aromatic carbocycles. The van der Waals surface area contributed by atoms with Crippen LogP contribution in [0.4, 0.5) is 5.69 Å². The van der Waals surface area contributed by atoms with E-state index in [2.05, 4.69) is 5.16 Å². The lowest BCUT2D eigenvalue weighted by atomic mass is 9.94. The molecule has 2 amide bonds. The van der Waals surface area contributed by atoms with Gasteiger partial charge in [-0.3, -0.25) is 14.4 Å². The second-order valence-corrected chi connectivity index (χ2v) is 6.47. The summed E-state index contributed by atoms with van der Waals surface area (Å²) in [6, 6.07) is 13.0. The van der Waals surface area contributed by atoms with Crippen molar-refractivity contribution in [2.24, 2.45) is 11.1 Å². The molecule has 136 valence electrons. The van der Waals surface area contributed by atoms with E-state index in [1.54, 1.807) is 24.3 Å². The summed E-state index contributed by atoms with van der Waals surface area (Å²) in [4.78, 5) is 43.0. The molecule has 0 saturated carbocycles. The van der Waals surface area contributed by atoms with Gasteiger partial charge in [0.15, 0.2) is 0 Å². The van der Waals surface area contributed by atoms with Gasteiger partial charge in [0, 0.05) is 17.5 Å². The van der Waals surface area contributed by atoms with E-state index in [4.69, 9.17) is 21.2 Å². The fourth-order valence-electron chi connectivity index (χ4n) is 3.15. The molecule has 4 rings (SSSR count). The SMILES string of the molecule is CC(=O)Oc1ccc(N2C(=O)[C@@H]3C(c4ccccc4Cl)=NO[C@@H]3C2=O)cc1. The molecule has 8 heteroatoms. The lowest BCUT2D eigenvalue weighted by molar-refractivity contribution is -0.132. The van der Waals surface area contributed by atoms with Crippen molar-refractivity contribution in [3.8, 4) is 5.75 Å². The summed E-state index contributed by atoms with van der Waals surface area (Å²) >= 11 is 6.20. The number of hydrogen-bond acceptors (Lipinski definition) is 6. The van der Waals surface area contributed by atoms with Crippen LogP contribution < -0.4 is 9.64 Å². The van der Waals surface area contributed by atoms with Gasteiger partial charge in [-0.25, -0.2) is 4.90 Å². The predicted molar refractivity (Wildman–Crippen MR) is 96.6 cm³/mol. The van der Waals surface area contributed by atoms with Crippen LogP contribution in [-0.2, 0) is 19.2 Å². The summed E-state index contributed by atoms with van der Waals surface area (Å²) in [7, 11) is 0. The molecule has 7 nitrogen and oxygen atoms in total. The molecule has 2 atom stereocenters. The zero-order valence-electron chi connectivity index (χ0n) is 14.1. The van der Waals surface area contributed by atoms with Crippen LogP contribution in [0.5, 0.6) is 5.75 Å². The Labute approximate surface area is 159 Å². The number of carbonyl (C=O) groups is 3. The van der Waals surface area contributed by atoms with Crippen molar-refractivity contribution in [3.63, 3.8) is 0 Å². The maximum absolute atomic E-state index is 13.0. The van der Waals surface area contributed by atoms with Crippen molar-refractivity contribution < 1.29 is 24.0 Å². The van der Waals surface area contributed by atoms with Crippen molar-refractivity contribution >= 4 is 40.8 Å². The quantitative estimate of drug-likeness (QED) is 0.461. The Kier molecular flexibility index (Phi) is 4.16. The number of esters is 1. The number of anilines is 1. The number of ether oxygens (including phenoxy) is 1. The Hall–Kier alpha value is -3.19. The number of nitrogens with zero attached hydrogens (tertiary/aromatic N) is 2. The van der Waals surface area contributed by atoms with Crippen LogP contribution in [-0.4, -0.2) is 29.6 Å². The molecule has 27 heavy (non-hydrogen) atoms. The average molecular weight is 385 g/mol. The fraction of sp³-hybridized carbons (Fsp3) is 0.158. The Bertz CT molecular complexity index is 986. The molecule has 0 unspecified atom stereocenters. The summed E-state index contributed by atoms with van der Waals surface area (Å²) in [5.41, 5.74) is 1.25. The van der Waals surface area contributed by atoms with E-state index in [0.717, 1.165) is 4.90 Å².